The molecule has 0 N–H and O–H groups in total. The predicted octanol–water partition coefficient (Wildman–Crippen LogP) is 5.31. The van der Waals surface area contributed by atoms with E-state index in [0.29, 0.717) is 6.61 Å². The second-order valence-corrected chi connectivity index (χ2v) is 6.55. The quantitative estimate of drug-likeness (QED) is 0.314. The molecule has 1 atom stereocenters. The lowest BCUT2D eigenvalue weighted by Crippen LogP contribution is -2.16. The van der Waals surface area contributed by atoms with Crippen molar-refractivity contribution >= 4 is 0 Å². The molecule has 22 heavy (non-hydrogen) atoms. The summed E-state index contributed by atoms with van der Waals surface area (Å²) in [6.45, 7) is 5.65. The first-order chi connectivity index (χ1) is 10.7. The number of rotatable bonds is 11. The zero-order valence-electron chi connectivity index (χ0n) is 14.1. The van der Waals surface area contributed by atoms with Crippen LogP contribution in [0.4, 0.5) is 0 Å². The number of hydrogen-bond acceptors (Lipinski definition) is 2. The minimum atomic E-state index is -0.0361. The lowest BCUT2D eigenvalue weighted by molar-refractivity contribution is 0.202. The minimum absolute atomic E-state index is 0.0361. The Morgan fingerprint density at radius 2 is 1.77 bits per heavy atom. The molecule has 2 nitrogen and oxygen atoms in total. The molecular weight excluding hydrogens is 272 g/mol. The Hall–Kier alpha value is -1.28. The summed E-state index contributed by atoms with van der Waals surface area (Å²) in [5.74, 6) is 0.949. The first kappa shape index (κ1) is 17.1. The molecule has 1 unspecified atom stereocenters. The van der Waals surface area contributed by atoms with Crippen molar-refractivity contribution in [3.05, 3.63) is 42.0 Å². The van der Waals surface area contributed by atoms with Gasteiger partial charge >= 0.3 is 0 Å². The van der Waals surface area contributed by atoms with E-state index >= 15 is 0 Å². The first-order valence-corrected chi connectivity index (χ1v) is 8.69. The van der Waals surface area contributed by atoms with Crippen LogP contribution in [0.2, 0.25) is 0 Å². The molecule has 0 saturated carbocycles. The van der Waals surface area contributed by atoms with Gasteiger partial charge in [0.1, 0.15) is 18.0 Å². The Bertz CT molecular complexity index is 443. The highest BCUT2D eigenvalue weighted by atomic mass is 16.6. The molecule has 0 radical (unpaired) electrons. The van der Waals surface area contributed by atoms with Gasteiger partial charge in [-0.1, -0.05) is 43.5 Å². The van der Waals surface area contributed by atoms with Gasteiger partial charge < -0.3 is 9.47 Å². The van der Waals surface area contributed by atoms with E-state index in [2.05, 4.69) is 50.3 Å². The third kappa shape index (κ3) is 6.65. The van der Waals surface area contributed by atoms with Gasteiger partial charge in [-0.3, -0.25) is 0 Å². The SMILES string of the molecule is C/C=C/CCCCCCCc1ccc(OCC2(C)CO2)cc1. The van der Waals surface area contributed by atoms with Crippen LogP contribution in [-0.4, -0.2) is 18.8 Å². The number of benzene rings is 1. The fourth-order valence-corrected chi connectivity index (χ4v) is 2.48. The van der Waals surface area contributed by atoms with Crippen molar-refractivity contribution < 1.29 is 9.47 Å². The molecule has 0 amide bonds. The number of epoxide rings is 1. The molecule has 1 aliphatic rings. The van der Waals surface area contributed by atoms with E-state index in [1.54, 1.807) is 0 Å². The van der Waals surface area contributed by atoms with Crippen LogP contribution >= 0.6 is 0 Å². The van der Waals surface area contributed by atoms with Crippen LogP contribution < -0.4 is 4.74 Å². The van der Waals surface area contributed by atoms with E-state index in [9.17, 15) is 0 Å². The Morgan fingerprint density at radius 3 is 2.45 bits per heavy atom. The van der Waals surface area contributed by atoms with Crippen LogP contribution in [0.3, 0.4) is 0 Å². The number of allylic oxidation sites excluding steroid dienone is 2. The van der Waals surface area contributed by atoms with Crippen LogP contribution in [-0.2, 0) is 11.2 Å². The van der Waals surface area contributed by atoms with Crippen molar-refractivity contribution in [1.82, 2.24) is 0 Å². The van der Waals surface area contributed by atoms with E-state index in [1.165, 1.54) is 50.5 Å². The molecule has 1 aromatic rings. The summed E-state index contributed by atoms with van der Waals surface area (Å²) in [7, 11) is 0. The average molecular weight is 302 g/mol. The Labute approximate surface area is 135 Å². The largest absolute Gasteiger partial charge is 0.491 e. The van der Waals surface area contributed by atoms with E-state index in [-0.39, 0.29) is 5.60 Å². The number of unbranched alkanes of at least 4 members (excludes halogenated alkanes) is 5. The third-order valence-electron chi connectivity index (χ3n) is 4.18. The normalized spacial score (nSPS) is 20.5. The molecule has 1 aliphatic heterocycles. The Morgan fingerprint density at radius 1 is 1.09 bits per heavy atom. The Kier molecular flexibility index (Phi) is 6.98. The van der Waals surface area contributed by atoms with Gasteiger partial charge in [0.25, 0.3) is 0 Å². The van der Waals surface area contributed by atoms with Crippen molar-refractivity contribution in [3.63, 3.8) is 0 Å². The summed E-state index contributed by atoms with van der Waals surface area (Å²) >= 11 is 0. The maximum Gasteiger partial charge on any atom is 0.123 e. The number of aryl methyl sites for hydroxylation is 1. The predicted molar refractivity (Wildman–Crippen MR) is 92.5 cm³/mol. The van der Waals surface area contributed by atoms with E-state index < -0.39 is 0 Å². The summed E-state index contributed by atoms with van der Waals surface area (Å²) in [4.78, 5) is 0. The van der Waals surface area contributed by atoms with Crippen molar-refractivity contribution in [2.45, 2.75) is 64.4 Å². The maximum atomic E-state index is 5.75. The summed E-state index contributed by atoms with van der Waals surface area (Å²) < 4.78 is 11.1. The highest BCUT2D eigenvalue weighted by molar-refractivity contribution is 5.27. The second kappa shape index (κ2) is 8.99. The average Bonchev–Trinajstić information content (AvgIpc) is 3.27. The smallest absolute Gasteiger partial charge is 0.123 e. The van der Waals surface area contributed by atoms with Gasteiger partial charge in [-0.25, -0.2) is 0 Å². The molecule has 122 valence electrons. The van der Waals surface area contributed by atoms with Gasteiger partial charge in [-0.2, -0.15) is 0 Å². The van der Waals surface area contributed by atoms with E-state index in [4.69, 9.17) is 9.47 Å². The fraction of sp³-hybridized carbons (Fsp3) is 0.600. The van der Waals surface area contributed by atoms with Gasteiger partial charge in [0.05, 0.1) is 6.61 Å². The molecule has 1 saturated heterocycles. The van der Waals surface area contributed by atoms with Gasteiger partial charge in [-0.05, 0) is 57.2 Å². The zero-order chi connectivity index (χ0) is 15.7. The molecular formula is C20H30O2. The maximum absolute atomic E-state index is 5.75. The molecule has 0 aromatic heterocycles. The highest BCUT2D eigenvalue weighted by Crippen LogP contribution is 2.27. The molecule has 1 fully saturated rings. The summed E-state index contributed by atoms with van der Waals surface area (Å²) in [5.41, 5.74) is 1.38. The lowest BCUT2D eigenvalue weighted by Gasteiger charge is -2.09. The van der Waals surface area contributed by atoms with E-state index in [1.807, 2.05) is 0 Å². The van der Waals surface area contributed by atoms with Gasteiger partial charge in [0, 0.05) is 0 Å². The summed E-state index contributed by atoms with van der Waals surface area (Å²) in [6, 6.07) is 8.55. The van der Waals surface area contributed by atoms with Crippen molar-refractivity contribution in [1.29, 1.82) is 0 Å². The van der Waals surface area contributed by atoms with Crippen LogP contribution in [0.1, 0.15) is 57.9 Å². The standard InChI is InChI=1S/C20H30O2/c1-3-4-5-6-7-8-9-10-11-18-12-14-19(15-13-18)21-16-20(2)17-22-20/h3-4,12-15H,5-11,16-17H2,1-2H3/b4-3+. The molecule has 1 aromatic carbocycles. The van der Waals surface area contributed by atoms with Crippen molar-refractivity contribution in [2.75, 3.05) is 13.2 Å². The number of ether oxygens (including phenoxy) is 2. The molecule has 1 heterocycles. The molecule has 2 heteroatoms. The monoisotopic (exact) mass is 302 g/mol. The number of hydrogen-bond donors (Lipinski definition) is 0. The fourth-order valence-electron chi connectivity index (χ4n) is 2.48. The van der Waals surface area contributed by atoms with Crippen LogP contribution in [0.5, 0.6) is 5.75 Å². The summed E-state index contributed by atoms with van der Waals surface area (Å²) in [6.07, 6.45) is 13.5. The van der Waals surface area contributed by atoms with Crippen LogP contribution in [0.15, 0.2) is 36.4 Å². The van der Waals surface area contributed by atoms with Gasteiger partial charge in [0.2, 0.25) is 0 Å². The first-order valence-electron chi connectivity index (χ1n) is 8.69. The molecule has 0 aliphatic carbocycles. The Balaban J connectivity index is 1.54. The topological polar surface area (TPSA) is 21.8 Å². The third-order valence-corrected chi connectivity index (χ3v) is 4.18. The molecule has 0 spiro atoms. The van der Waals surface area contributed by atoms with Crippen molar-refractivity contribution in [2.24, 2.45) is 0 Å². The lowest BCUT2D eigenvalue weighted by atomic mass is 10.0. The van der Waals surface area contributed by atoms with E-state index in [0.717, 1.165) is 12.4 Å². The van der Waals surface area contributed by atoms with Gasteiger partial charge in [0.15, 0.2) is 0 Å². The second-order valence-electron chi connectivity index (χ2n) is 6.55. The van der Waals surface area contributed by atoms with Gasteiger partial charge in [-0.15, -0.1) is 0 Å². The minimum Gasteiger partial charge on any atom is -0.491 e. The highest BCUT2D eigenvalue weighted by Gasteiger charge is 2.40. The zero-order valence-corrected chi connectivity index (χ0v) is 14.1. The van der Waals surface area contributed by atoms with Crippen molar-refractivity contribution in [3.8, 4) is 5.75 Å². The molecule has 0 bridgehead atoms. The van der Waals surface area contributed by atoms with Crippen LogP contribution in [0.25, 0.3) is 0 Å². The summed E-state index contributed by atoms with van der Waals surface area (Å²) in [5, 5.41) is 0. The molecule has 2 rings (SSSR count). The van der Waals surface area contributed by atoms with Crippen LogP contribution in [0, 0.1) is 0 Å².